The van der Waals surface area contributed by atoms with Crippen molar-refractivity contribution < 1.29 is 24.6 Å². The zero-order valence-electron chi connectivity index (χ0n) is 4.12. The standard InChI is InChI=1S/2C2H5.Hg/c2*1-2;/h2*1H2,2H3;. The Kier molecular flexibility index (Phi) is 5.86. The molecule has 0 bridgehead atoms. The van der Waals surface area contributed by atoms with Crippen LogP contribution in [-0.2, 0) is 24.6 Å². The molecule has 0 fully saturated rings. The summed E-state index contributed by atoms with van der Waals surface area (Å²) in [4.78, 5) is 0. The molecule has 0 aromatic rings. The van der Waals surface area contributed by atoms with Gasteiger partial charge >= 0.3 is 46.3 Å². The van der Waals surface area contributed by atoms with Crippen molar-refractivity contribution >= 4 is 0 Å². The summed E-state index contributed by atoms with van der Waals surface area (Å²) in [6.45, 7) is 4.62. The maximum absolute atomic E-state index is 2.31. The van der Waals surface area contributed by atoms with Crippen LogP contribution < -0.4 is 0 Å². The van der Waals surface area contributed by atoms with Crippen molar-refractivity contribution in [2.24, 2.45) is 0 Å². The fourth-order valence-electron chi connectivity index (χ4n) is 0.354. The van der Waals surface area contributed by atoms with Crippen LogP contribution in [0.25, 0.3) is 0 Å². The Hall–Kier alpha value is 0.935. The third-order valence-corrected chi connectivity index (χ3v) is 6.20. The molecule has 0 aliphatic rings. The molecule has 5 heavy (non-hydrogen) atoms. The molecule has 0 N–H and O–H groups in total. The van der Waals surface area contributed by atoms with Crippen LogP contribution in [0.3, 0.4) is 0 Å². The zero-order valence-corrected chi connectivity index (χ0v) is 9.62. The summed E-state index contributed by atoms with van der Waals surface area (Å²) in [7, 11) is 0. The van der Waals surface area contributed by atoms with Gasteiger partial charge in [-0.1, -0.05) is 0 Å². The zero-order chi connectivity index (χ0) is 4.12. The Balaban J connectivity index is 2.19. The van der Waals surface area contributed by atoms with Crippen molar-refractivity contribution in [3.63, 3.8) is 0 Å². The van der Waals surface area contributed by atoms with Gasteiger partial charge in [-0.2, -0.15) is 0 Å². The average Bonchev–Trinajstić information content (AvgIpc) is 1.41. The summed E-state index contributed by atoms with van der Waals surface area (Å²) in [5.41, 5.74) is 0. The first kappa shape index (κ1) is 5.94. The Morgan fingerprint density at radius 2 is 1.60 bits per heavy atom. The molecular weight excluding hydrogens is 249 g/mol. The molecule has 0 aromatic carbocycles. The van der Waals surface area contributed by atoms with Gasteiger partial charge in [-0.15, -0.1) is 0 Å². The molecule has 1 heteroatoms. The van der Waals surface area contributed by atoms with E-state index in [9.17, 15) is 0 Å². The molecule has 0 aliphatic carbocycles. The van der Waals surface area contributed by atoms with E-state index in [0.29, 0.717) is 0 Å². The summed E-state index contributed by atoms with van der Waals surface area (Å²) in [6.07, 6.45) is 0. The van der Waals surface area contributed by atoms with Crippen molar-refractivity contribution in [1.82, 2.24) is 0 Å². The molecule has 0 unspecified atom stereocenters. The van der Waals surface area contributed by atoms with E-state index in [1.54, 1.807) is 7.86 Å². The predicted molar refractivity (Wildman–Crippen MR) is 21.0 cm³/mol. The van der Waals surface area contributed by atoms with Crippen LogP contribution in [0.2, 0.25) is 7.86 Å². The summed E-state index contributed by atoms with van der Waals surface area (Å²) in [5, 5.41) is 0. The minimum absolute atomic E-state index is 0.142. The van der Waals surface area contributed by atoms with Gasteiger partial charge in [0.25, 0.3) is 0 Å². The summed E-state index contributed by atoms with van der Waals surface area (Å²) < 4.78 is 3.13. The van der Waals surface area contributed by atoms with Crippen molar-refractivity contribution in [2.45, 2.75) is 21.7 Å². The van der Waals surface area contributed by atoms with Gasteiger partial charge in [0, 0.05) is 0 Å². The molecule has 0 saturated heterocycles. The van der Waals surface area contributed by atoms with E-state index >= 15 is 0 Å². The molecule has 0 saturated carbocycles. The normalized spacial score (nSPS) is 6.80. The van der Waals surface area contributed by atoms with Crippen LogP contribution in [0.4, 0.5) is 0 Å². The van der Waals surface area contributed by atoms with E-state index in [1.165, 1.54) is 0 Å². The van der Waals surface area contributed by atoms with Gasteiger partial charge < -0.3 is 0 Å². The molecule has 0 nitrogen and oxygen atoms in total. The maximum atomic E-state index is 2.31. The molecule has 0 amide bonds. The fourth-order valence-corrected chi connectivity index (χ4v) is 3.10. The number of hydrogen-bond donors (Lipinski definition) is 0. The first-order chi connectivity index (χ1) is 2.41. The second kappa shape index (κ2) is 4.94. The molecule has 0 aromatic heterocycles. The van der Waals surface area contributed by atoms with E-state index in [-0.39, 0.29) is 24.6 Å². The molecule has 0 heterocycles. The SMILES string of the molecule is C[CH2][Hg][CH2]C. The summed E-state index contributed by atoms with van der Waals surface area (Å²) in [6, 6.07) is 0. The molecule has 0 aliphatic heterocycles. The van der Waals surface area contributed by atoms with E-state index in [1.807, 2.05) is 0 Å². The molecule has 0 radical (unpaired) electrons. The van der Waals surface area contributed by atoms with Gasteiger partial charge in [-0.05, 0) is 0 Å². The molecular formula is C4H10Hg. The van der Waals surface area contributed by atoms with Crippen LogP contribution in [-0.4, -0.2) is 0 Å². The average molecular weight is 259 g/mol. The van der Waals surface area contributed by atoms with Crippen molar-refractivity contribution in [1.29, 1.82) is 0 Å². The first-order valence-electron chi connectivity index (χ1n) is 2.41. The van der Waals surface area contributed by atoms with E-state index in [2.05, 4.69) is 13.8 Å². The first-order valence-corrected chi connectivity index (χ1v) is 10.2. The van der Waals surface area contributed by atoms with Gasteiger partial charge in [-0.25, -0.2) is 0 Å². The monoisotopic (exact) mass is 260 g/mol. The second-order valence-corrected chi connectivity index (χ2v) is 11.9. The van der Waals surface area contributed by atoms with Gasteiger partial charge in [0.1, 0.15) is 0 Å². The van der Waals surface area contributed by atoms with Gasteiger partial charge in [-0.3, -0.25) is 0 Å². The van der Waals surface area contributed by atoms with E-state index < -0.39 is 0 Å². The van der Waals surface area contributed by atoms with Crippen molar-refractivity contribution in [2.75, 3.05) is 0 Å². The third kappa shape index (κ3) is 4.94. The molecule has 0 atom stereocenters. The molecule has 28 valence electrons. The van der Waals surface area contributed by atoms with Crippen LogP contribution in [0, 0.1) is 0 Å². The van der Waals surface area contributed by atoms with Crippen LogP contribution in [0.15, 0.2) is 0 Å². The summed E-state index contributed by atoms with van der Waals surface area (Å²) in [5.74, 6) is 0. The third-order valence-electron chi connectivity index (χ3n) is 0.707. The summed E-state index contributed by atoms with van der Waals surface area (Å²) >= 11 is -0.142. The minimum atomic E-state index is -0.142. The van der Waals surface area contributed by atoms with E-state index in [4.69, 9.17) is 0 Å². The second-order valence-electron chi connectivity index (χ2n) is 1.35. The van der Waals surface area contributed by atoms with Crippen LogP contribution in [0.1, 0.15) is 13.8 Å². The van der Waals surface area contributed by atoms with Gasteiger partial charge in [0.05, 0.1) is 0 Å². The van der Waals surface area contributed by atoms with Gasteiger partial charge in [0.2, 0.25) is 0 Å². The Bertz CT molecular complexity index is 11.1. The molecule has 0 spiro atoms. The Morgan fingerprint density at radius 3 is 1.60 bits per heavy atom. The quantitative estimate of drug-likeness (QED) is 0.664. The van der Waals surface area contributed by atoms with Crippen LogP contribution in [0.5, 0.6) is 0 Å². The number of hydrogen-bond acceptors (Lipinski definition) is 0. The Labute approximate surface area is 46.4 Å². The number of rotatable bonds is 2. The van der Waals surface area contributed by atoms with Crippen LogP contribution >= 0.6 is 0 Å². The molecule has 0 rings (SSSR count). The van der Waals surface area contributed by atoms with Crippen molar-refractivity contribution in [3.8, 4) is 0 Å². The predicted octanol–water partition coefficient (Wildman–Crippen LogP) is 1.95. The fraction of sp³-hybridized carbons (Fsp3) is 1.00. The topological polar surface area (TPSA) is 0 Å². The Morgan fingerprint density at radius 1 is 1.20 bits per heavy atom. The van der Waals surface area contributed by atoms with E-state index in [0.717, 1.165) is 0 Å². The van der Waals surface area contributed by atoms with Gasteiger partial charge in [0.15, 0.2) is 0 Å². The van der Waals surface area contributed by atoms with Crippen molar-refractivity contribution in [3.05, 3.63) is 0 Å².